The van der Waals surface area contributed by atoms with E-state index in [1.54, 1.807) is 31.2 Å². The average molecular weight is 685 g/mol. The maximum atomic E-state index is 14.6. The lowest BCUT2D eigenvalue weighted by atomic mass is 9.97. The Morgan fingerprint density at radius 2 is 1.13 bits per heavy atom. The first-order valence-corrected chi connectivity index (χ1v) is 17.4. The van der Waals surface area contributed by atoms with Crippen molar-refractivity contribution in [1.29, 1.82) is 0 Å². The van der Waals surface area contributed by atoms with E-state index in [1.165, 1.54) is 31.3 Å². The highest BCUT2D eigenvalue weighted by atomic mass is 32.2. The molecule has 0 spiro atoms. The van der Waals surface area contributed by atoms with Crippen molar-refractivity contribution in [3.63, 3.8) is 0 Å². The van der Waals surface area contributed by atoms with E-state index in [-0.39, 0.29) is 16.6 Å². The van der Waals surface area contributed by atoms with Gasteiger partial charge in [0.25, 0.3) is 0 Å². The van der Waals surface area contributed by atoms with Gasteiger partial charge in [-0.3, -0.25) is 0 Å². The van der Waals surface area contributed by atoms with Gasteiger partial charge in [0.15, 0.2) is 12.1 Å². The summed E-state index contributed by atoms with van der Waals surface area (Å²) in [7, 11) is -3.50. The van der Waals surface area contributed by atoms with Crippen LogP contribution in [-0.4, -0.2) is 70.9 Å². The molecule has 2 saturated carbocycles. The lowest BCUT2D eigenvalue weighted by molar-refractivity contribution is -0.160. The third kappa shape index (κ3) is 8.62. The predicted octanol–water partition coefficient (Wildman–Crippen LogP) is 6.38. The van der Waals surface area contributed by atoms with E-state index in [2.05, 4.69) is 0 Å². The van der Waals surface area contributed by atoms with Crippen molar-refractivity contribution in [2.45, 2.75) is 101 Å². The molecule has 47 heavy (non-hydrogen) atoms. The summed E-state index contributed by atoms with van der Waals surface area (Å²) in [5.41, 5.74) is -6.02. The molecule has 2 aromatic rings. The minimum atomic E-state index is -6.31. The van der Waals surface area contributed by atoms with Gasteiger partial charge in [-0.1, -0.05) is 12.8 Å². The highest BCUT2D eigenvalue weighted by Crippen LogP contribution is 2.37. The summed E-state index contributed by atoms with van der Waals surface area (Å²) in [5, 5.41) is 0. The number of rotatable bonds is 13. The number of alkyl halides is 3. The second-order valence-electron chi connectivity index (χ2n) is 11.7. The van der Waals surface area contributed by atoms with Crippen molar-refractivity contribution < 1.29 is 50.1 Å². The summed E-state index contributed by atoms with van der Waals surface area (Å²) < 4.78 is 92.9. The van der Waals surface area contributed by atoms with Crippen LogP contribution in [0.3, 0.4) is 0 Å². The lowest BCUT2D eigenvalue weighted by Gasteiger charge is -2.41. The number of carbonyl (C=O) groups is 2. The van der Waals surface area contributed by atoms with Gasteiger partial charge < -0.3 is 23.8 Å². The Labute approximate surface area is 274 Å². The quantitative estimate of drug-likeness (QED) is 0.222. The number of carbonyl (C=O) groups excluding carboxylic acids is 2. The maximum absolute atomic E-state index is 14.6. The highest BCUT2D eigenvalue weighted by Gasteiger charge is 2.58. The van der Waals surface area contributed by atoms with Gasteiger partial charge in [-0.2, -0.15) is 21.6 Å². The molecule has 2 atom stereocenters. The number of likely N-dealkylation sites (N-methyl/N-ethyl adjacent to an activating group) is 1. The van der Waals surface area contributed by atoms with Crippen LogP contribution < -0.4 is 18.7 Å². The van der Waals surface area contributed by atoms with Crippen LogP contribution in [0.15, 0.2) is 48.5 Å². The zero-order chi connectivity index (χ0) is 34.2. The summed E-state index contributed by atoms with van der Waals surface area (Å²) in [6.07, 6.45) is 5.65. The van der Waals surface area contributed by atoms with E-state index in [4.69, 9.17) is 18.9 Å². The lowest BCUT2D eigenvalue weighted by Crippen LogP contribution is -2.63. The number of benzene rings is 2. The molecule has 0 bridgehead atoms. The molecule has 2 aliphatic rings. The van der Waals surface area contributed by atoms with Crippen molar-refractivity contribution in [1.82, 2.24) is 0 Å². The SMILES string of the molecule is CCN(c1ccc(OC)cc1)[C@@H](C(=O)OC1CCCCC1)[C@@H](C(=O)OC1CCCCC1)N(c1ccc(OC)cc1)S(=O)(=O)C(F)(F)F. The fourth-order valence-electron chi connectivity index (χ4n) is 6.22. The summed E-state index contributed by atoms with van der Waals surface area (Å²) in [5.74, 6) is -1.60. The molecule has 4 rings (SSSR count). The van der Waals surface area contributed by atoms with Gasteiger partial charge in [0, 0.05) is 12.2 Å². The minimum Gasteiger partial charge on any atom is -0.497 e. The molecule has 2 fully saturated rings. The number of halogens is 3. The van der Waals surface area contributed by atoms with Crippen LogP contribution in [0.4, 0.5) is 24.5 Å². The number of nitrogens with zero attached hydrogens (tertiary/aromatic N) is 2. The summed E-state index contributed by atoms with van der Waals surface area (Å²) in [6.45, 7) is 1.64. The fourth-order valence-corrected chi connectivity index (χ4v) is 7.34. The van der Waals surface area contributed by atoms with Crippen LogP contribution in [-0.2, 0) is 29.1 Å². The van der Waals surface area contributed by atoms with Crippen LogP contribution in [0.5, 0.6) is 11.5 Å². The number of esters is 2. The number of methoxy groups -OCH3 is 2. The maximum Gasteiger partial charge on any atom is 0.516 e. The van der Waals surface area contributed by atoms with E-state index >= 15 is 0 Å². The topological polar surface area (TPSA) is 112 Å². The van der Waals surface area contributed by atoms with Crippen molar-refractivity contribution >= 4 is 33.3 Å². The van der Waals surface area contributed by atoms with Crippen LogP contribution in [0.1, 0.15) is 71.1 Å². The molecule has 0 unspecified atom stereocenters. The predicted molar refractivity (Wildman–Crippen MR) is 170 cm³/mol. The van der Waals surface area contributed by atoms with Crippen molar-refractivity contribution in [2.24, 2.45) is 0 Å². The molecular weight excluding hydrogens is 641 g/mol. The monoisotopic (exact) mass is 684 g/mol. The third-order valence-corrected chi connectivity index (χ3v) is 10.2. The van der Waals surface area contributed by atoms with Gasteiger partial charge in [0.1, 0.15) is 23.7 Å². The standard InChI is InChI=1S/C33H43F3N2O8S/c1-4-37(23-15-19-25(43-2)20-16-23)29(31(39)45-27-11-7-5-8-12-27)30(32(40)46-28-13-9-6-10-14-28)38(47(41,42)33(34,35)36)24-17-21-26(44-3)22-18-24/h15-22,27-30H,4-14H2,1-3H3/t29-,30+/m1/s1. The molecule has 0 aromatic heterocycles. The molecule has 0 N–H and O–H groups in total. The van der Waals surface area contributed by atoms with E-state index in [0.29, 0.717) is 37.1 Å². The number of hydrogen-bond donors (Lipinski definition) is 0. The fraction of sp³-hybridized carbons (Fsp3) is 0.576. The van der Waals surface area contributed by atoms with E-state index < -0.39 is 57.4 Å². The summed E-state index contributed by atoms with van der Waals surface area (Å²) >= 11 is 0. The Balaban J connectivity index is 1.95. The molecular formula is C33H43F3N2O8S. The molecule has 0 amide bonds. The zero-order valence-electron chi connectivity index (χ0n) is 26.9. The molecule has 2 aliphatic carbocycles. The van der Waals surface area contributed by atoms with Gasteiger partial charge in [0.2, 0.25) is 0 Å². The molecule has 0 heterocycles. The normalized spacial score (nSPS) is 17.7. The Morgan fingerprint density at radius 3 is 1.51 bits per heavy atom. The van der Waals surface area contributed by atoms with Crippen molar-refractivity contribution in [2.75, 3.05) is 30.0 Å². The van der Waals surface area contributed by atoms with Gasteiger partial charge >= 0.3 is 27.5 Å². The number of hydrogen-bond acceptors (Lipinski definition) is 9. The Bertz CT molecular complexity index is 1430. The van der Waals surface area contributed by atoms with Crippen LogP contribution in [0, 0.1) is 0 Å². The molecule has 10 nitrogen and oxygen atoms in total. The van der Waals surface area contributed by atoms with Gasteiger partial charge in [0.05, 0.1) is 19.9 Å². The first kappa shape index (κ1) is 36.2. The largest absolute Gasteiger partial charge is 0.516 e. The molecule has 14 heteroatoms. The van der Waals surface area contributed by atoms with Crippen LogP contribution in [0.25, 0.3) is 0 Å². The highest BCUT2D eigenvalue weighted by molar-refractivity contribution is 7.93. The number of ether oxygens (including phenoxy) is 4. The second-order valence-corrected chi connectivity index (χ2v) is 13.5. The van der Waals surface area contributed by atoms with Gasteiger partial charge in [-0.25, -0.2) is 13.9 Å². The zero-order valence-corrected chi connectivity index (χ0v) is 27.7. The molecule has 2 aromatic carbocycles. The van der Waals surface area contributed by atoms with Crippen molar-refractivity contribution in [3.8, 4) is 11.5 Å². The van der Waals surface area contributed by atoms with Gasteiger partial charge in [-0.15, -0.1) is 0 Å². The Morgan fingerprint density at radius 1 is 0.723 bits per heavy atom. The van der Waals surface area contributed by atoms with Crippen LogP contribution in [0.2, 0.25) is 0 Å². The molecule has 260 valence electrons. The molecule has 0 radical (unpaired) electrons. The number of anilines is 2. The average Bonchev–Trinajstić information content (AvgIpc) is 3.06. The number of sulfonamides is 1. The van der Waals surface area contributed by atoms with E-state index in [0.717, 1.165) is 50.7 Å². The molecule has 0 aliphatic heterocycles. The Kier molecular flexibility index (Phi) is 12.3. The summed E-state index contributed by atoms with van der Waals surface area (Å²) in [6, 6.07) is 6.86. The first-order valence-electron chi connectivity index (χ1n) is 16.0. The molecule has 0 saturated heterocycles. The smallest absolute Gasteiger partial charge is 0.497 e. The second kappa shape index (κ2) is 15.9. The van der Waals surface area contributed by atoms with Gasteiger partial charge in [-0.05, 0) is 107 Å². The van der Waals surface area contributed by atoms with E-state index in [1.807, 2.05) is 0 Å². The first-order chi connectivity index (χ1) is 22.4. The van der Waals surface area contributed by atoms with Crippen molar-refractivity contribution in [3.05, 3.63) is 48.5 Å². The summed E-state index contributed by atoms with van der Waals surface area (Å²) in [4.78, 5) is 30.1. The Hall–Kier alpha value is -3.68. The third-order valence-electron chi connectivity index (χ3n) is 8.66. The van der Waals surface area contributed by atoms with Crippen LogP contribution >= 0.6 is 0 Å². The minimum absolute atomic E-state index is 0.00745. The van der Waals surface area contributed by atoms with E-state index in [9.17, 15) is 31.2 Å².